The van der Waals surface area contributed by atoms with Gasteiger partial charge in [-0.25, -0.2) is 4.39 Å². The fraction of sp³-hybridized carbons (Fsp3) is 0.538. The van der Waals surface area contributed by atoms with Crippen LogP contribution in [-0.2, 0) is 11.2 Å². The quantitative estimate of drug-likeness (QED) is 0.928. The third-order valence-corrected chi connectivity index (χ3v) is 3.47. The Morgan fingerprint density at radius 3 is 2.94 bits per heavy atom. The third-order valence-electron chi connectivity index (χ3n) is 3.01. The number of hydrogen-bond acceptors (Lipinski definition) is 2. The van der Waals surface area contributed by atoms with E-state index in [1.165, 1.54) is 6.07 Å². The predicted molar refractivity (Wildman–Crippen MR) is 69.4 cm³/mol. The maximum absolute atomic E-state index is 13.2. The molecule has 2 rings (SSSR count). The molecule has 1 aromatic rings. The van der Waals surface area contributed by atoms with Gasteiger partial charge in [0.15, 0.2) is 0 Å². The Hall–Kier alpha value is -0.450. The molecule has 0 saturated carbocycles. The molecule has 0 aromatic heterocycles. The van der Waals surface area contributed by atoms with Crippen molar-refractivity contribution in [3.05, 3.63) is 34.1 Å². The molecule has 0 bridgehead atoms. The van der Waals surface area contributed by atoms with E-state index in [4.69, 9.17) is 10.5 Å². The van der Waals surface area contributed by atoms with Gasteiger partial charge in [0.25, 0.3) is 0 Å². The number of benzene rings is 1. The van der Waals surface area contributed by atoms with Gasteiger partial charge in [0.1, 0.15) is 5.82 Å². The highest BCUT2D eigenvalue weighted by Gasteiger charge is 2.19. The molecule has 0 radical (unpaired) electrons. The molecule has 1 aliphatic heterocycles. The Bertz CT molecular complexity index is 359. The molecular formula is C13H17BrFNO. The molecule has 1 fully saturated rings. The number of ether oxygens (including phenoxy) is 1. The summed E-state index contributed by atoms with van der Waals surface area (Å²) in [5.74, 6) is -0.223. The van der Waals surface area contributed by atoms with Crippen molar-refractivity contribution in [2.24, 2.45) is 5.73 Å². The second-order valence-electron chi connectivity index (χ2n) is 4.61. The lowest BCUT2D eigenvalue weighted by Crippen LogP contribution is -2.28. The first-order valence-electron chi connectivity index (χ1n) is 5.95. The molecule has 1 heterocycles. The predicted octanol–water partition coefficient (Wildman–Crippen LogP) is 3.03. The second kappa shape index (κ2) is 5.94. The zero-order valence-electron chi connectivity index (χ0n) is 9.66. The Balaban J connectivity index is 1.90. The highest BCUT2D eigenvalue weighted by Crippen LogP contribution is 2.20. The highest BCUT2D eigenvalue weighted by atomic mass is 79.9. The van der Waals surface area contributed by atoms with Crippen molar-refractivity contribution in [1.82, 2.24) is 0 Å². The number of rotatable bonds is 4. The molecule has 2 unspecified atom stereocenters. The molecule has 0 spiro atoms. The molecule has 94 valence electrons. The largest absolute Gasteiger partial charge is 0.378 e. The van der Waals surface area contributed by atoms with E-state index in [2.05, 4.69) is 15.9 Å². The van der Waals surface area contributed by atoms with Gasteiger partial charge in [-0.2, -0.15) is 0 Å². The maximum atomic E-state index is 13.2. The minimum Gasteiger partial charge on any atom is -0.378 e. The van der Waals surface area contributed by atoms with Gasteiger partial charge in [0.2, 0.25) is 0 Å². The summed E-state index contributed by atoms with van der Waals surface area (Å²) in [6.45, 7) is 0.850. The Morgan fingerprint density at radius 1 is 1.47 bits per heavy atom. The van der Waals surface area contributed by atoms with Crippen LogP contribution in [0.4, 0.5) is 4.39 Å². The summed E-state index contributed by atoms with van der Waals surface area (Å²) in [6, 6.07) is 4.94. The zero-order valence-corrected chi connectivity index (χ0v) is 11.2. The summed E-state index contributed by atoms with van der Waals surface area (Å²) in [7, 11) is 0. The molecular weight excluding hydrogens is 285 g/mol. The summed E-state index contributed by atoms with van der Waals surface area (Å²) in [6.07, 6.45) is 4.07. The van der Waals surface area contributed by atoms with Crippen LogP contribution in [0.2, 0.25) is 0 Å². The second-order valence-corrected chi connectivity index (χ2v) is 5.53. The van der Waals surface area contributed by atoms with Gasteiger partial charge in [-0.05, 0) is 49.4 Å². The average molecular weight is 302 g/mol. The Labute approximate surface area is 109 Å². The number of halogens is 2. The summed E-state index contributed by atoms with van der Waals surface area (Å²) >= 11 is 3.29. The van der Waals surface area contributed by atoms with Gasteiger partial charge in [-0.3, -0.25) is 0 Å². The van der Waals surface area contributed by atoms with E-state index in [0.717, 1.165) is 35.9 Å². The van der Waals surface area contributed by atoms with Crippen LogP contribution in [0, 0.1) is 5.82 Å². The third kappa shape index (κ3) is 4.05. The normalized spacial score (nSPS) is 21.7. The Morgan fingerprint density at radius 2 is 2.29 bits per heavy atom. The first kappa shape index (κ1) is 13.0. The molecule has 1 saturated heterocycles. The van der Waals surface area contributed by atoms with Crippen LogP contribution in [0.3, 0.4) is 0 Å². The summed E-state index contributed by atoms with van der Waals surface area (Å²) in [5.41, 5.74) is 7.00. The summed E-state index contributed by atoms with van der Waals surface area (Å²) in [4.78, 5) is 0. The van der Waals surface area contributed by atoms with Gasteiger partial charge < -0.3 is 10.5 Å². The fourth-order valence-corrected chi connectivity index (χ4v) is 2.80. The van der Waals surface area contributed by atoms with E-state index in [1.54, 1.807) is 6.07 Å². The van der Waals surface area contributed by atoms with Gasteiger partial charge in [-0.15, -0.1) is 0 Å². The molecule has 0 amide bonds. The topological polar surface area (TPSA) is 35.2 Å². The minimum atomic E-state index is -0.223. The van der Waals surface area contributed by atoms with Crippen LogP contribution in [0.25, 0.3) is 0 Å². The van der Waals surface area contributed by atoms with E-state index in [1.807, 2.05) is 6.07 Å². The van der Waals surface area contributed by atoms with Crippen LogP contribution in [-0.4, -0.2) is 18.8 Å². The van der Waals surface area contributed by atoms with Crippen molar-refractivity contribution in [1.29, 1.82) is 0 Å². The molecule has 4 heteroatoms. The van der Waals surface area contributed by atoms with Crippen LogP contribution >= 0.6 is 15.9 Å². The smallest absolute Gasteiger partial charge is 0.124 e. The fourth-order valence-electron chi connectivity index (χ4n) is 2.28. The van der Waals surface area contributed by atoms with E-state index in [9.17, 15) is 4.39 Å². The van der Waals surface area contributed by atoms with Crippen LogP contribution in [0.15, 0.2) is 22.7 Å². The summed E-state index contributed by atoms with van der Waals surface area (Å²) in [5, 5.41) is 0. The molecule has 1 aromatic carbocycles. The van der Waals surface area contributed by atoms with Crippen molar-refractivity contribution in [2.45, 2.75) is 37.8 Å². The monoisotopic (exact) mass is 301 g/mol. The van der Waals surface area contributed by atoms with Crippen molar-refractivity contribution in [3.63, 3.8) is 0 Å². The van der Waals surface area contributed by atoms with Gasteiger partial charge in [0, 0.05) is 17.1 Å². The van der Waals surface area contributed by atoms with Gasteiger partial charge in [-0.1, -0.05) is 15.9 Å². The van der Waals surface area contributed by atoms with Crippen molar-refractivity contribution < 1.29 is 9.13 Å². The van der Waals surface area contributed by atoms with Crippen molar-refractivity contribution in [3.8, 4) is 0 Å². The number of hydrogen-bond donors (Lipinski definition) is 1. The van der Waals surface area contributed by atoms with Crippen molar-refractivity contribution in [2.75, 3.05) is 6.61 Å². The van der Waals surface area contributed by atoms with E-state index >= 15 is 0 Å². The van der Waals surface area contributed by atoms with E-state index < -0.39 is 0 Å². The molecule has 0 aliphatic carbocycles. The first-order valence-corrected chi connectivity index (χ1v) is 6.75. The Kier molecular flexibility index (Phi) is 4.54. The standard InChI is InChI=1S/C13H17BrFNO/c14-10-4-9(5-11(15)7-10)6-12(16)8-13-2-1-3-17-13/h4-5,7,12-13H,1-3,6,8,16H2. The molecule has 2 N–H and O–H groups in total. The lowest BCUT2D eigenvalue weighted by molar-refractivity contribution is 0.0983. The summed E-state index contributed by atoms with van der Waals surface area (Å²) < 4.78 is 19.5. The minimum absolute atomic E-state index is 0.0341. The molecule has 2 atom stereocenters. The first-order chi connectivity index (χ1) is 8.13. The highest BCUT2D eigenvalue weighted by molar-refractivity contribution is 9.10. The zero-order chi connectivity index (χ0) is 12.3. The van der Waals surface area contributed by atoms with Gasteiger partial charge in [0.05, 0.1) is 6.10 Å². The lowest BCUT2D eigenvalue weighted by atomic mass is 10.0. The van der Waals surface area contributed by atoms with Crippen LogP contribution in [0.1, 0.15) is 24.8 Å². The van der Waals surface area contributed by atoms with E-state index in [-0.39, 0.29) is 11.9 Å². The number of nitrogens with two attached hydrogens (primary N) is 1. The average Bonchev–Trinajstić information content (AvgIpc) is 2.67. The van der Waals surface area contributed by atoms with Gasteiger partial charge >= 0.3 is 0 Å². The van der Waals surface area contributed by atoms with E-state index in [0.29, 0.717) is 12.5 Å². The molecule has 1 aliphatic rings. The maximum Gasteiger partial charge on any atom is 0.124 e. The molecule has 2 nitrogen and oxygen atoms in total. The van der Waals surface area contributed by atoms with Crippen LogP contribution < -0.4 is 5.73 Å². The lowest BCUT2D eigenvalue weighted by Gasteiger charge is -2.16. The SMILES string of the molecule is NC(Cc1cc(F)cc(Br)c1)CC1CCCO1. The molecule has 17 heavy (non-hydrogen) atoms. The van der Waals surface area contributed by atoms with Crippen LogP contribution in [0.5, 0.6) is 0 Å². The van der Waals surface area contributed by atoms with Crippen molar-refractivity contribution >= 4 is 15.9 Å².